The number of hydrogen-bond donors (Lipinski definition) is 1. The van der Waals surface area contributed by atoms with Crippen LogP contribution in [0.15, 0.2) is 83.3 Å². The molecule has 5 heteroatoms. The van der Waals surface area contributed by atoms with E-state index in [0.717, 1.165) is 26.7 Å². The SMILES string of the molecule is Cc1ccccc1C(NS(=O)(=O)Cc1ccc(Br)cc1)c1ccccc1. The molecule has 3 rings (SSSR count). The third-order valence-corrected chi connectivity index (χ3v) is 6.04. The summed E-state index contributed by atoms with van der Waals surface area (Å²) in [4.78, 5) is 0. The molecule has 0 saturated carbocycles. The minimum absolute atomic E-state index is 0.0600. The lowest BCUT2D eigenvalue weighted by atomic mass is 9.96. The second-order valence-corrected chi connectivity index (χ2v) is 8.87. The highest BCUT2D eigenvalue weighted by atomic mass is 79.9. The quantitative estimate of drug-likeness (QED) is 0.601. The molecule has 134 valence electrons. The van der Waals surface area contributed by atoms with Gasteiger partial charge in [0.1, 0.15) is 0 Å². The van der Waals surface area contributed by atoms with Crippen LogP contribution in [0.3, 0.4) is 0 Å². The van der Waals surface area contributed by atoms with E-state index in [1.807, 2.05) is 85.8 Å². The molecule has 3 aromatic rings. The first kappa shape index (κ1) is 18.8. The number of nitrogens with one attached hydrogen (secondary N) is 1. The van der Waals surface area contributed by atoms with Crippen LogP contribution >= 0.6 is 15.9 Å². The van der Waals surface area contributed by atoms with Gasteiger partial charge in [-0.2, -0.15) is 0 Å². The van der Waals surface area contributed by atoms with Crippen LogP contribution in [0.5, 0.6) is 0 Å². The van der Waals surface area contributed by atoms with Crippen LogP contribution in [-0.2, 0) is 15.8 Å². The number of halogens is 1. The molecular formula is C21H20BrNO2S. The normalized spacial score (nSPS) is 12.7. The van der Waals surface area contributed by atoms with Gasteiger partial charge in [0.05, 0.1) is 11.8 Å². The summed E-state index contributed by atoms with van der Waals surface area (Å²) in [5, 5.41) is 0. The van der Waals surface area contributed by atoms with E-state index < -0.39 is 16.1 Å². The highest BCUT2D eigenvalue weighted by Gasteiger charge is 2.22. The first-order valence-corrected chi connectivity index (χ1v) is 10.7. The molecule has 0 fully saturated rings. The fourth-order valence-corrected chi connectivity index (χ4v) is 4.49. The fourth-order valence-electron chi connectivity index (χ4n) is 2.89. The smallest absolute Gasteiger partial charge is 0.212 e. The molecular weight excluding hydrogens is 410 g/mol. The van der Waals surface area contributed by atoms with Gasteiger partial charge in [0.15, 0.2) is 0 Å². The first-order valence-electron chi connectivity index (χ1n) is 8.29. The van der Waals surface area contributed by atoms with E-state index in [9.17, 15) is 8.42 Å². The summed E-state index contributed by atoms with van der Waals surface area (Å²) in [5.41, 5.74) is 3.67. The van der Waals surface area contributed by atoms with Crippen molar-refractivity contribution in [1.82, 2.24) is 4.72 Å². The number of sulfonamides is 1. The van der Waals surface area contributed by atoms with Gasteiger partial charge in [0, 0.05) is 4.47 Å². The van der Waals surface area contributed by atoms with Gasteiger partial charge in [-0.3, -0.25) is 0 Å². The summed E-state index contributed by atoms with van der Waals surface area (Å²) in [7, 11) is -3.53. The predicted molar refractivity (Wildman–Crippen MR) is 109 cm³/mol. The van der Waals surface area contributed by atoms with Gasteiger partial charge in [0.25, 0.3) is 0 Å². The van der Waals surface area contributed by atoms with Crippen LogP contribution in [0.4, 0.5) is 0 Å². The second-order valence-electron chi connectivity index (χ2n) is 6.20. The predicted octanol–water partition coefficient (Wildman–Crippen LogP) is 4.97. The molecule has 0 spiro atoms. The first-order chi connectivity index (χ1) is 12.4. The summed E-state index contributed by atoms with van der Waals surface area (Å²) >= 11 is 3.37. The van der Waals surface area contributed by atoms with E-state index in [4.69, 9.17) is 0 Å². The van der Waals surface area contributed by atoms with Crippen molar-refractivity contribution in [2.45, 2.75) is 18.7 Å². The van der Waals surface area contributed by atoms with E-state index in [1.54, 1.807) is 0 Å². The van der Waals surface area contributed by atoms with Crippen molar-refractivity contribution in [2.24, 2.45) is 0 Å². The van der Waals surface area contributed by atoms with Crippen LogP contribution in [0, 0.1) is 6.92 Å². The molecule has 0 heterocycles. The highest BCUT2D eigenvalue weighted by molar-refractivity contribution is 9.10. The molecule has 0 aliphatic carbocycles. The molecule has 3 aromatic carbocycles. The van der Waals surface area contributed by atoms with E-state index in [2.05, 4.69) is 20.7 Å². The van der Waals surface area contributed by atoms with Gasteiger partial charge < -0.3 is 0 Å². The third kappa shape index (κ3) is 4.81. The number of rotatable bonds is 6. The molecule has 0 aliphatic heterocycles. The molecule has 0 aliphatic rings. The average Bonchev–Trinajstić information content (AvgIpc) is 2.63. The standard InChI is InChI=1S/C21H20BrNO2S/c1-16-7-5-6-10-20(16)21(18-8-3-2-4-9-18)23-26(24,25)15-17-11-13-19(22)14-12-17/h2-14,21,23H,15H2,1H3. The topological polar surface area (TPSA) is 46.2 Å². The van der Waals surface area contributed by atoms with E-state index in [0.29, 0.717) is 0 Å². The van der Waals surface area contributed by atoms with Crippen molar-refractivity contribution < 1.29 is 8.42 Å². The zero-order valence-corrected chi connectivity index (χ0v) is 16.8. The Bertz CT molecular complexity index is 970. The van der Waals surface area contributed by atoms with Crippen molar-refractivity contribution in [2.75, 3.05) is 0 Å². The van der Waals surface area contributed by atoms with Crippen LogP contribution in [0.1, 0.15) is 28.3 Å². The molecule has 0 bridgehead atoms. The summed E-state index contributed by atoms with van der Waals surface area (Å²) in [6, 6.07) is 24.4. The monoisotopic (exact) mass is 429 g/mol. The molecule has 0 radical (unpaired) electrons. The molecule has 3 nitrogen and oxygen atoms in total. The minimum atomic E-state index is -3.53. The van der Waals surface area contributed by atoms with E-state index >= 15 is 0 Å². The Labute approximate surface area is 163 Å². The lowest BCUT2D eigenvalue weighted by Crippen LogP contribution is -2.31. The summed E-state index contributed by atoms with van der Waals surface area (Å²) in [6.07, 6.45) is 0. The van der Waals surface area contributed by atoms with Crippen molar-refractivity contribution >= 4 is 26.0 Å². The maximum absolute atomic E-state index is 12.8. The second kappa shape index (κ2) is 8.16. The Kier molecular flexibility index (Phi) is 5.91. The Balaban J connectivity index is 1.92. The highest BCUT2D eigenvalue weighted by Crippen LogP contribution is 2.26. The Morgan fingerprint density at radius 1 is 0.885 bits per heavy atom. The number of aryl methyl sites for hydroxylation is 1. The van der Waals surface area contributed by atoms with E-state index in [-0.39, 0.29) is 5.75 Å². The van der Waals surface area contributed by atoms with Crippen molar-refractivity contribution in [1.29, 1.82) is 0 Å². The number of hydrogen-bond acceptors (Lipinski definition) is 2. The zero-order valence-electron chi connectivity index (χ0n) is 14.4. The van der Waals surface area contributed by atoms with Gasteiger partial charge in [-0.1, -0.05) is 82.7 Å². The van der Waals surface area contributed by atoms with Gasteiger partial charge in [-0.05, 0) is 41.3 Å². The van der Waals surface area contributed by atoms with Gasteiger partial charge in [-0.15, -0.1) is 0 Å². The average molecular weight is 430 g/mol. The molecule has 26 heavy (non-hydrogen) atoms. The van der Waals surface area contributed by atoms with Gasteiger partial charge >= 0.3 is 0 Å². The largest absolute Gasteiger partial charge is 0.216 e. The molecule has 0 aromatic heterocycles. The molecule has 1 atom stereocenters. The Hall–Kier alpha value is -1.95. The van der Waals surface area contributed by atoms with Crippen molar-refractivity contribution in [3.8, 4) is 0 Å². The van der Waals surface area contributed by atoms with Crippen molar-refractivity contribution in [3.05, 3.63) is 106 Å². The summed E-state index contributed by atoms with van der Waals surface area (Å²) in [6.45, 7) is 1.99. The summed E-state index contributed by atoms with van der Waals surface area (Å²) in [5.74, 6) is -0.0600. The maximum atomic E-state index is 12.8. The minimum Gasteiger partial charge on any atom is -0.212 e. The molecule has 1 N–H and O–H groups in total. The van der Waals surface area contributed by atoms with Crippen LogP contribution in [0.25, 0.3) is 0 Å². The van der Waals surface area contributed by atoms with E-state index in [1.165, 1.54) is 0 Å². The fraction of sp³-hybridized carbons (Fsp3) is 0.143. The Morgan fingerprint density at radius 2 is 1.50 bits per heavy atom. The van der Waals surface area contributed by atoms with Crippen LogP contribution < -0.4 is 4.72 Å². The van der Waals surface area contributed by atoms with Crippen molar-refractivity contribution in [3.63, 3.8) is 0 Å². The summed E-state index contributed by atoms with van der Waals surface area (Å²) < 4.78 is 29.5. The molecule has 0 amide bonds. The Morgan fingerprint density at radius 3 is 2.15 bits per heavy atom. The maximum Gasteiger partial charge on any atom is 0.216 e. The van der Waals surface area contributed by atoms with Crippen LogP contribution in [0.2, 0.25) is 0 Å². The van der Waals surface area contributed by atoms with Gasteiger partial charge in [0.2, 0.25) is 10.0 Å². The number of benzene rings is 3. The molecule has 1 unspecified atom stereocenters. The molecule has 0 saturated heterocycles. The lowest BCUT2D eigenvalue weighted by molar-refractivity contribution is 0.571. The lowest BCUT2D eigenvalue weighted by Gasteiger charge is -2.21. The third-order valence-electron chi connectivity index (χ3n) is 4.20. The zero-order chi connectivity index (χ0) is 18.6. The van der Waals surface area contributed by atoms with Gasteiger partial charge in [-0.25, -0.2) is 13.1 Å². The van der Waals surface area contributed by atoms with Crippen LogP contribution in [-0.4, -0.2) is 8.42 Å².